The predicted molar refractivity (Wildman–Crippen MR) is 69.7 cm³/mol. The molecule has 2 N–H and O–H groups in total. The SMILES string of the molecule is CC(C)(C)C1N(C(=O)O)CC12CC1(CNC(=O)C1)C2. The maximum Gasteiger partial charge on any atom is 0.407 e. The van der Waals surface area contributed by atoms with Crippen LogP contribution in [-0.4, -0.2) is 41.1 Å². The summed E-state index contributed by atoms with van der Waals surface area (Å²) >= 11 is 0. The smallest absolute Gasteiger partial charge is 0.407 e. The second kappa shape index (κ2) is 3.44. The lowest BCUT2D eigenvalue weighted by atomic mass is 9.43. The Balaban J connectivity index is 1.77. The van der Waals surface area contributed by atoms with E-state index >= 15 is 0 Å². The molecule has 0 bridgehead atoms. The highest BCUT2D eigenvalue weighted by atomic mass is 16.4. The number of hydrogen-bond donors (Lipinski definition) is 2. The van der Waals surface area contributed by atoms with Crippen LogP contribution in [0.4, 0.5) is 4.79 Å². The van der Waals surface area contributed by atoms with Gasteiger partial charge in [0.15, 0.2) is 0 Å². The molecule has 0 aromatic heterocycles. The molecule has 5 heteroatoms. The Morgan fingerprint density at radius 1 is 1.42 bits per heavy atom. The van der Waals surface area contributed by atoms with Crippen molar-refractivity contribution in [2.24, 2.45) is 16.2 Å². The molecule has 1 aliphatic carbocycles. The van der Waals surface area contributed by atoms with Crippen LogP contribution in [-0.2, 0) is 4.79 Å². The van der Waals surface area contributed by atoms with Crippen molar-refractivity contribution in [3.63, 3.8) is 0 Å². The molecule has 2 spiro atoms. The minimum Gasteiger partial charge on any atom is -0.465 e. The van der Waals surface area contributed by atoms with E-state index < -0.39 is 6.09 Å². The molecule has 1 unspecified atom stereocenters. The van der Waals surface area contributed by atoms with Gasteiger partial charge in [-0.1, -0.05) is 20.8 Å². The monoisotopic (exact) mass is 266 g/mol. The zero-order chi connectivity index (χ0) is 14.1. The number of amides is 2. The van der Waals surface area contributed by atoms with Crippen molar-refractivity contribution in [2.75, 3.05) is 13.1 Å². The lowest BCUT2D eigenvalue weighted by Crippen LogP contribution is -2.76. The number of nitrogens with one attached hydrogen (secondary N) is 1. The largest absolute Gasteiger partial charge is 0.465 e. The average Bonchev–Trinajstić information content (AvgIpc) is 2.51. The summed E-state index contributed by atoms with van der Waals surface area (Å²) in [6.45, 7) is 7.74. The average molecular weight is 266 g/mol. The van der Waals surface area contributed by atoms with E-state index in [9.17, 15) is 14.7 Å². The van der Waals surface area contributed by atoms with Crippen LogP contribution >= 0.6 is 0 Å². The fourth-order valence-electron chi connectivity index (χ4n) is 5.05. The molecule has 2 aliphatic heterocycles. The highest BCUT2D eigenvalue weighted by Gasteiger charge is 2.69. The second-order valence-electron chi connectivity index (χ2n) is 7.85. The molecule has 2 heterocycles. The van der Waals surface area contributed by atoms with Crippen LogP contribution in [0.2, 0.25) is 0 Å². The van der Waals surface area contributed by atoms with Crippen molar-refractivity contribution in [2.45, 2.75) is 46.1 Å². The van der Waals surface area contributed by atoms with E-state index in [0.29, 0.717) is 13.0 Å². The molecule has 0 aromatic rings. The van der Waals surface area contributed by atoms with Gasteiger partial charge in [-0.2, -0.15) is 0 Å². The van der Waals surface area contributed by atoms with E-state index in [1.165, 1.54) is 0 Å². The third kappa shape index (κ3) is 1.66. The molecule has 0 aromatic carbocycles. The van der Waals surface area contributed by atoms with E-state index in [-0.39, 0.29) is 28.2 Å². The van der Waals surface area contributed by atoms with Crippen molar-refractivity contribution in [1.82, 2.24) is 10.2 Å². The normalized spacial score (nSPS) is 41.1. The molecule has 2 amide bonds. The first kappa shape index (κ1) is 12.8. The Kier molecular flexibility index (Phi) is 2.31. The number of carboxylic acid groups (broad SMARTS) is 1. The highest BCUT2D eigenvalue weighted by molar-refractivity contribution is 5.79. The molecule has 2 saturated heterocycles. The molecular weight excluding hydrogens is 244 g/mol. The predicted octanol–water partition coefficient (Wildman–Crippen LogP) is 1.68. The summed E-state index contributed by atoms with van der Waals surface area (Å²) in [6, 6.07) is 0.0822. The van der Waals surface area contributed by atoms with Gasteiger partial charge in [0.2, 0.25) is 5.91 Å². The summed E-state index contributed by atoms with van der Waals surface area (Å²) in [5, 5.41) is 12.2. The van der Waals surface area contributed by atoms with Gasteiger partial charge in [-0.3, -0.25) is 4.79 Å². The number of carbonyl (C=O) groups excluding carboxylic acids is 1. The number of carbonyl (C=O) groups is 2. The molecular formula is C14H22N2O3. The van der Waals surface area contributed by atoms with Gasteiger partial charge < -0.3 is 15.3 Å². The molecule has 3 rings (SSSR count). The Hall–Kier alpha value is -1.26. The van der Waals surface area contributed by atoms with Gasteiger partial charge >= 0.3 is 6.09 Å². The second-order valence-corrected chi connectivity index (χ2v) is 7.85. The summed E-state index contributed by atoms with van der Waals surface area (Å²) in [7, 11) is 0. The van der Waals surface area contributed by atoms with Gasteiger partial charge in [0.25, 0.3) is 0 Å². The van der Waals surface area contributed by atoms with E-state index in [1.54, 1.807) is 4.90 Å². The minimum absolute atomic E-state index is 0.0473. The molecule has 3 fully saturated rings. The van der Waals surface area contributed by atoms with Crippen molar-refractivity contribution in [3.05, 3.63) is 0 Å². The Bertz CT molecular complexity index is 446. The summed E-state index contributed by atoms with van der Waals surface area (Å²) in [6.07, 6.45) is 1.79. The summed E-state index contributed by atoms with van der Waals surface area (Å²) in [5.74, 6) is 0.150. The van der Waals surface area contributed by atoms with E-state index in [4.69, 9.17) is 0 Å². The minimum atomic E-state index is -0.813. The lowest BCUT2D eigenvalue weighted by Gasteiger charge is -2.70. The third-order valence-corrected chi connectivity index (χ3v) is 5.09. The van der Waals surface area contributed by atoms with Gasteiger partial charge in [-0.05, 0) is 23.7 Å². The summed E-state index contributed by atoms with van der Waals surface area (Å²) < 4.78 is 0. The van der Waals surface area contributed by atoms with Crippen LogP contribution in [0.3, 0.4) is 0 Å². The van der Waals surface area contributed by atoms with Crippen LogP contribution in [0.15, 0.2) is 0 Å². The Morgan fingerprint density at radius 3 is 2.47 bits per heavy atom. The quantitative estimate of drug-likeness (QED) is 0.701. The molecule has 1 saturated carbocycles. The van der Waals surface area contributed by atoms with Gasteiger partial charge in [0, 0.05) is 31.0 Å². The van der Waals surface area contributed by atoms with Crippen LogP contribution in [0.1, 0.15) is 40.0 Å². The summed E-state index contributed by atoms with van der Waals surface area (Å²) in [5.41, 5.74) is 0.183. The first-order valence-electron chi connectivity index (χ1n) is 6.94. The van der Waals surface area contributed by atoms with Crippen LogP contribution < -0.4 is 5.32 Å². The standard InChI is InChI=1S/C14H22N2O3/c1-12(2,3)10-14(8-16(10)11(18)19)5-13(6-14)4-9(17)15-7-13/h10H,4-8H2,1-3H3,(H,15,17)(H,18,19). The molecule has 5 nitrogen and oxygen atoms in total. The molecule has 106 valence electrons. The van der Waals surface area contributed by atoms with Gasteiger partial charge in [0.1, 0.15) is 0 Å². The molecule has 0 radical (unpaired) electrons. The van der Waals surface area contributed by atoms with Crippen LogP contribution in [0.5, 0.6) is 0 Å². The van der Waals surface area contributed by atoms with Crippen molar-refractivity contribution in [1.29, 1.82) is 0 Å². The van der Waals surface area contributed by atoms with Gasteiger partial charge in [-0.25, -0.2) is 4.79 Å². The first-order valence-corrected chi connectivity index (χ1v) is 6.94. The fourth-order valence-corrected chi connectivity index (χ4v) is 5.05. The number of nitrogens with zero attached hydrogens (tertiary/aromatic N) is 1. The summed E-state index contributed by atoms with van der Waals surface area (Å²) in [4.78, 5) is 24.3. The van der Waals surface area contributed by atoms with E-state index in [0.717, 1.165) is 19.4 Å². The molecule has 19 heavy (non-hydrogen) atoms. The van der Waals surface area contributed by atoms with Crippen molar-refractivity contribution in [3.8, 4) is 0 Å². The van der Waals surface area contributed by atoms with Crippen molar-refractivity contribution < 1.29 is 14.7 Å². The highest BCUT2D eigenvalue weighted by Crippen LogP contribution is 2.66. The molecule has 3 aliphatic rings. The Morgan fingerprint density at radius 2 is 2.05 bits per heavy atom. The maximum atomic E-state index is 11.4. The first-order chi connectivity index (χ1) is 8.68. The zero-order valence-electron chi connectivity index (χ0n) is 11.8. The van der Waals surface area contributed by atoms with Crippen molar-refractivity contribution >= 4 is 12.0 Å². The maximum absolute atomic E-state index is 11.4. The third-order valence-electron chi connectivity index (χ3n) is 5.09. The Labute approximate surface area is 113 Å². The van der Waals surface area contributed by atoms with E-state index in [2.05, 4.69) is 26.1 Å². The van der Waals surface area contributed by atoms with Gasteiger partial charge in [-0.15, -0.1) is 0 Å². The number of hydrogen-bond acceptors (Lipinski definition) is 2. The van der Waals surface area contributed by atoms with Crippen LogP contribution in [0, 0.1) is 16.2 Å². The molecule has 1 atom stereocenters. The van der Waals surface area contributed by atoms with Crippen LogP contribution in [0.25, 0.3) is 0 Å². The topological polar surface area (TPSA) is 69.6 Å². The van der Waals surface area contributed by atoms with Gasteiger partial charge in [0.05, 0.1) is 0 Å². The fraction of sp³-hybridized carbons (Fsp3) is 0.857. The lowest BCUT2D eigenvalue weighted by molar-refractivity contribution is -0.200. The zero-order valence-corrected chi connectivity index (χ0v) is 11.8. The number of likely N-dealkylation sites (tertiary alicyclic amines) is 1. The van der Waals surface area contributed by atoms with E-state index in [1.807, 2.05) is 0 Å². The number of rotatable bonds is 0.